The average molecular weight is 266 g/mol. The van der Waals surface area contributed by atoms with Gasteiger partial charge in [0.25, 0.3) is 0 Å². The van der Waals surface area contributed by atoms with Crippen molar-refractivity contribution in [1.29, 1.82) is 0 Å². The highest BCUT2D eigenvalue weighted by molar-refractivity contribution is 5.91. The predicted octanol–water partition coefficient (Wildman–Crippen LogP) is 3.53. The fourth-order valence-corrected chi connectivity index (χ4v) is 2.36. The molecule has 1 heterocycles. The highest BCUT2D eigenvalue weighted by Crippen LogP contribution is 2.35. The third kappa shape index (κ3) is 3.93. The van der Waals surface area contributed by atoms with Crippen LogP contribution in [-0.4, -0.2) is 22.8 Å². The quantitative estimate of drug-likeness (QED) is 0.566. The van der Waals surface area contributed by atoms with Crippen LogP contribution in [0.1, 0.15) is 59.8 Å². The van der Waals surface area contributed by atoms with Crippen molar-refractivity contribution in [2.45, 2.75) is 71.5 Å². The van der Waals surface area contributed by atoms with Crippen LogP contribution < -0.4 is 0 Å². The van der Waals surface area contributed by atoms with Crippen molar-refractivity contribution in [3.05, 3.63) is 23.3 Å². The fourth-order valence-electron chi connectivity index (χ4n) is 2.36. The Morgan fingerprint density at radius 2 is 2.11 bits per heavy atom. The van der Waals surface area contributed by atoms with Crippen LogP contribution in [0.2, 0.25) is 0 Å². The molecule has 1 N–H and O–H groups in total. The Morgan fingerprint density at radius 3 is 2.53 bits per heavy atom. The molecule has 0 radical (unpaired) electrons. The van der Waals surface area contributed by atoms with E-state index in [1.165, 1.54) is 0 Å². The van der Waals surface area contributed by atoms with E-state index in [2.05, 4.69) is 6.92 Å². The Morgan fingerprint density at radius 1 is 1.42 bits per heavy atom. The number of aliphatic hydroxyl groups is 1. The summed E-state index contributed by atoms with van der Waals surface area (Å²) in [6.45, 7) is 8.02. The third-order valence-electron chi connectivity index (χ3n) is 3.80. The normalized spacial score (nSPS) is 25.2. The van der Waals surface area contributed by atoms with Crippen molar-refractivity contribution >= 4 is 5.97 Å². The maximum Gasteiger partial charge on any atom is 0.334 e. The van der Waals surface area contributed by atoms with Crippen LogP contribution in [0.3, 0.4) is 0 Å². The topological polar surface area (TPSA) is 46.5 Å². The molecule has 19 heavy (non-hydrogen) atoms. The summed E-state index contributed by atoms with van der Waals surface area (Å²) in [5.41, 5.74) is 1.42. The Bertz CT molecular complexity index is 381. The lowest BCUT2D eigenvalue weighted by Gasteiger charge is -2.26. The number of carbonyl (C=O) groups is 1. The highest BCUT2D eigenvalue weighted by atomic mass is 16.6. The Hall–Kier alpha value is -1.09. The second-order valence-corrected chi connectivity index (χ2v) is 5.16. The van der Waals surface area contributed by atoms with Crippen molar-refractivity contribution in [2.24, 2.45) is 0 Å². The second kappa shape index (κ2) is 6.90. The second-order valence-electron chi connectivity index (χ2n) is 5.16. The number of ether oxygens (including phenoxy) is 1. The molecule has 0 aromatic heterocycles. The summed E-state index contributed by atoms with van der Waals surface area (Å²) >= 11 is 0. The largest absolute Gasteiger partial charge is 0.451 e. The Kier molecular flexibility index (Phi) is 5.80. The Balaban J connectivity index is 2.90. The van der Waals surface area contributed by atoms with Crippen molar-refractivity contribution < 1.29 is 14.6 Å². The zero-order valence-corrected chi connectivity index (χ0v) is 12.5. The number of hydrogen-bond donors (Lipinski definition) is 1. The van der Waals surface area contributed by atoms with Crippen LogP contribution in [0.25, 0.3) is 0 Å². The van der Waals surface area contributed by atoms with E-state index in [0.717, 1.165) is 24.0 Å². The van der Waals surface area contributed by atoms with Crippen LogP contribution in [0.5, 0.6) is 0 Å². The molecule has 0 aromatic rings. The van der Waals surface area contributed by atoms with Gasteiger partial charge in [-0.3, -0.25) is 0 Å². The smallest absolute Gasteiger partial charge is 0.334 e. The van der Waals surface area contributed by atoms with Crippen LogP contribution in [-0.2, 0) is 9.53 Å². The molecule has 0 bridgehead atoms. The molecular formula is C16H26O3. The first-order valence-corrected chi connectivity index (χ1v) is 7.32. The number of aliphatic hydroxyl groups excluding tert-OH is 1. The fraction of sp³-hybridized carbons (Fsp3) is 0.688. The predicted molar refractivity (Wildman–Crippen MR) is 76.8 cm³/mol. The molecule has 0 saturated carbocycles. The lowest BCUT2D eigenvalue weighted by Crippen LogP contribution is -2.28. The van der Waals surface area contributed by atoms with E-state index in [4.69, 9.17) is 4.74 Å². The molecule has 3 heteroatoms. The zero-order valence-electron chi connectivity index (χ0n) is 12.5. The first-order chi connectivity index (χ1) is 9.00. The molecule has 0 fully saturated rings. The van der Waals surface area contributed by atoms with Gasteiger partial charge in [0.2, 0.25) is 0 Å². The summed E-state index contributed by atoms with van der Waals surface area (Å²) in [6, 6.07) is 0. The van der Waals surface area contributed by atoms with Crippen molar-refractivity contribution in [1.82, 2.24) is 0 Å². The van der Waals surface area contributed by atoms with E-state index in [1.807, 2.05) is 32.9 Å². The van der Waals surface area contributed by atoms with Gasteiger partial charge in [-0.1, -0.05) is 39.3 Å². The first-order valence-electron chi connectivity index (χ1n) is 7.32. The Labute approximate surface area is 116 Å². The lowest BCUT2D eigenvalue weighted by atomic mass is 9.89. The molecule has 1 aliphatic heterocycles. The number of cyclic esters (lactones) is 1. The van der Waals surface area contributed by atoms with Gasteiger partial charge in [-0.2, -0.15) is 0 Å². The minimum absolute atomic E-state index is 0.184. The summed E-state index contributed by atoms with van der Waals surface area (Å²) < 4.78 is 5.60. The first kappa shape index (κ1) is 16.0. The van der Waals surface area contributed by atoms with Crippen LogP contribution in [0.15, 0.2) is 23.3 Å². The molecule has 2 atom stereocenters. The van der Waals surface area contributed by atoms with Crippen molar-refractivity contribution in [3.63, 3.8) is 0 Å². The molecule has 108 valence electrons. The van der Waals surface area contributed by atoms with Crippen molar-refractivity contribution in [3.8, 4) is 0 Å². The van der Waals surface area contributed by atoms with E-state index in [1.54, 1.807) is 0 Å². The maximum atomic E-state index is 11.8. The van der Waals surface area contributed by atoms with Gasteiger partial charge in [0, 0.05) is 12.0 Å². The van der Waals surface area contributed by atoms with Gasteiger partial charge < -0.3 is 9.84 Å². The summed E-state index contributed by atoms with van der Waals surface area (Å²) in [6.07, 6.45) is 7.22. The van der Waals surface area contributed by atoms with E-state index in [9.17, 15) is 9.90 Å². The molecule has 0 aromatic carbocycles. The molecule has 0 saturated heterocycles. The van der Waals surface area contributed by atoms with E-state index < -0.39 is 11.7 Å². The van der Waals surface area contributed by atoms with Gasteiger partial charge in [-0.15, -0.1) is 0 Å². The van der Waals surface area contributed by atoms with Gasteiger partial charge in [0.05, 0.1) is 6.10 Å². The minimum atomic E-state index is -0.502. The van der Waals surface area contributed by atoms with E-state index in [-0.39, 0.29) is 5.97 Å². The summed E-state index contributed by atoms with van der Waals surface area (Å²) in [7, 11) is 0. The number of hydrogen-bond acceptors (Lipinski definition) is 3. The highest BCUT2D eigenvalue weighted by Gasteiger charge is 2.38. The van der Waals surface area contributed by atoms with Crippen molar-refractivity contribution in [2.75, 3.05) is 0 Å². The van der Waals surface area contributed by atoms with Gasteiger partial charge in [0.15, 0.2) is 0 Å². The third-order valence-corrected chi connectivity index (χ3v) is 3.80. The van der Waals surface area contributed by atoms with E-state index in [0.29, 0.717) is 19.3 Å². The van der Waals surface area contributed by atoms with Crippen LogP contribution in [0, 0.1) is 0 Å². The monoisotopic (exact) mass is 266 g/mol. The molecule has 3 nitrogen and oxygen atoms in total. The van der Waals surface area contributed by atoms with Gasteiger partial charge in [-0.25, -0.2) is 4.79 Å². The molecule has 0 spiro atoms. The number of carbonyl (C=O) groups excluding carboxylic acids is 1. The molecule has 0 aliphatic carbocycles. The van der Waals surface area contributed by atoms with Crippen LogP contribution in [0.4, 0.5) is 0 Å². The summed E-state index contributed by atoms with van der Waals surface area (Å²) in [4.78, 5) is 11.8. The minimum Gasteiger partial charge on any atom is -0.451 e. The molecular weight excluding hydrogens is 240 g/mol. The average Bonchev–Trinajstić information content (AvgIpc) is 2.74. The molecule has 0 unspecified atom stereocenters. The molecule has 1 rings (SSSR count). The van der Waals surface area contributed by atoms with Gasteiger partial charge >= 0.3 is 5.97 Å². The van der Waals surface area contributed by atoms with Gasteiger partial charge in [-0.05, 0) is 31.8 Å². The zero-order chi connectivity index (χ0) is 14.5. The SMILES string of the molecule is CCC1=C[C@@](CC)(C/C(=C\[C@@H](O)CC)CC)OC1=O. The van der Waals surface area contributed by atoms with E-state index >= 15 is 0 Å². The molecule has 0 amide bonds. The van der Waals surface area contributed by atoms with Gasteiger partial charge in [0.1, 0.15) is 5.60 Å². The summed E-state index contributed by atoms with van der Waals surface area (Å²) in [5, 5.41) is 9.74. The van der Waals surface area contributed by atoms with Crippen LogP contribution >= 0.6 is 0 Å². The number of rotatable bonds is 7. The molecule has 1 aliphatic rings. The standard InChI is InChI=1S/C16H26O3/c1-5-12(9-14(17)7-3)10-16(8-4)11-13(6-2)15(18)19-16/h9,11,14,17H,5-8,10H2,1-4H3/b12-9-/t14-,16+/m0/s1. The maximum absolute atomic E-state index is 11.8. The summed E-state index contributed by atoms with van der Waals surface area (Å²) in [5.74, 6) is -0.184. The lowest BCUT2D eigenvalue weighted by molar-refractivity contribution is -0.146. The number of esters is 1.